The van der Waals surface area contributed by atoms with E-state index in [1.165, 1.54) is 49.2 Å². The van der Waals surface area contributed by atoms with Gasteiger partial charge in [0, 0.05) is 18.2 Å². The third-order valence-electron chi connectivity index (χ3n) is 4.97. The average molecular weight is 387 g/mol. The summed E-state index contributed by atoms with van der Waals surface area (Å²) in [5.74, 6) is -0.382. The van der Waals surface area contributed by atoms with Crippen LogP contribution in [-0.4, -0.2) is 27.8 Å². The van der Waals surface area contributed by atoms with Crippen molar-refractivity contribution in [1.29, 1.82) is 0 Å². The number of hydrogen-bond acceptors (Lipinski definition) is 4. The lowest BCUT2D eigenvalue weighted by Gasteiger charge is -2.21. The van der Waals surface area contributed by atoms with Crippen molar-refractivity contribution >= 4 is 5.91 Å². The smallest absolute Gasteiger partial charge is 0.271 e. The van der Waals surface area contributed by atoms with Gasteiger partial charge in [0.2, 0.25) is 5.88 Å². The molecule has 1 N–H and O–H groups in total. The van der Waals surface area contributed by atoms with Crippen LogP contribution >= 0.6 is 0 Å². The summed E-state index contributed by atoms with van der Waals surface area (Å²) in [6.07, 6.45) is 6.49. The maximum Gasteiger partial charge on any atom is 0.271 e. The Kier molecular flexibility index (Phi) is 6.79. The molecule has 7 heteroatoms. The zero-order valence-corrected chi connectivity index (χ0v) is 16.1. The molecule has 0 bridgehead atoms. The molecule has 0 radical (unpaired) electrons. The molecule has 1 aliphatic rings. The lowest BCUT2D eigenvalue weighted by Crippen LogP contribution is -2.43. The van der Waals surface area contributed by atoms with E-state index in [0.717, 1.165) is 30.4 Å². The summed E-state index contributed by atoms with van der Waals surface area (Å²) < 4.78 is 20.0. The van der Waals surface area contributed by atoms with Crippen LogP contribution in [0.15, 0.2) is 41.2 Å². The van der Waals surface area contributed by atoms with Gasteiger partial charge in [-0.1, -0.05) is 32.6 Å². The highest BCUT2D eigenvalue weighted by atomic mass is 19.1. The molecule has 1 aromatic heterocycles. The molecule has 1 amide bonds. The Labute approximate surface area is 163 Å². The predicted octanol–water partition coefficient (Wildman–Crippen LogP) is 3.37. The molecule has 1 aliphatic carbocycles. The van der Waals surface area contributed by atoms with E-state index >= 15 is 0 Å². The van der Waals surface area contributed by atoms with E-state index in [4.69, 9.17) is 4.74 Å². The van der Waals surface area contributed by atoms with Crippen LogP contribution in [0.2, 0.25) is 0 Å². The first-order valence-corrected chi connectivity index (χ1v) is 9.90. The Morgan fingerprint density at radius 3 is 2.50 bits per heavy atom. The second kappa shape index (κ2) is 9.48. The summed E-state index contributed by atoms with van der Waals surface area (Å²) in [6.45, 7) is 1.87. The highest BCUT2D eigenvalue weighted by Gasteiger charge is 2.23. The van der Waals surface area contributed by atoms with Gasteiger partial charge >= 0.3 is 0 Å². The summed E-state index contributed by atoms with van der Waals surface area (Å²) in [6, 6.07) is 8.39. The minimum absolute atomic E-state index is 0.157. The quantitative estimate of drug-likeness (QED) is 0.772. The Morgan fingerprint density at radius 2 is 1.86 bits per heavy atom. The van der Waals surface area contributed by atoms with Gasteiger partial charge in [-0.2, -0.15) is 4.68 Å². The van der Waals surface area contributed by atoms with E-state index in [-0.39, 0.29) is 23.4 Å². The molecule has 1 fully saturated rings. The third kappa shape index (κ3) is 5.18. The fourth-order valence-corrected chi connectivity index (χ4v) is 3.41. The largest absolute Gasteiger partial charge is 0.463 e. The van der Waals surface area contributed by atoms with E-state index in [1.807, 2.05) is 6.92 Å². The molecular weight excluding hydrogens is 361 g/mol. The number of halogens is 1. The van der Waals surface area contributed by atoms with Crippen molar-refractivity contribution in [2.75, 3.05) is 0 Å². The fraction of sp³-hybridized carbons (Fsp3) is 0.476. The molecule has 1 atom stereocenters. The fourth-order valence-electron chi connectivity index (χ4n) is 3.41. The van der Waals surface area contributed by atoms with Crippen molar-refractivity contribution in [2.24, 2.45) is 0 Å². The van der Waals surface area contributed by atoms with E-state index < -0.39 is 11.9 Å². The van der Waals surface area contributed by atoms with Gasteiger partial charge in [0.05, 0.1) is 5.69 Å². The molecule has 150 valence electrons. The molecule has 0 aliphatic heterocycles. The highest BCUT2D eigenvalue weighted by Crippen LogP contribution is 2.18. The number of aromatic nitrogens is 2. The number of nitrogens with one attached hydrogen (secondary N) is 1. The van der Waals surface area contributed by atoms with Crippen LogP contribution in [0, 0.1) is 5.82 Å². The molecular formula is C21H26FN3O3. The van der Waals surface area contributed by atoms with Crippen LogP contribution in [0.25, 0.3) is 5.69 Å². The SMILES string of the molecule is CC[C@@H](Oc1ccc(=O)n(-c2ccc(F)cc2)n1)C(=O)NC1CCCCCC1. The number of rotatable bonds is 6. The first kappa shape index (κ1) is 20.0. The highest BCUT2D eigenvalue weighted by molar-refractivity contribution is 5.81. The Balaban J connectivity index is 1.71. The minimum Gasteiger partial charge on any atom is -0.463 e. The molecule has 0 saturated heterocycles. The topological polar surface area (TPSA) is 73.2 Å². The van der Waals surface area contributed by atoms with Gasteiger partial charge in [0.1, 0.15) is 5.82 Å². The van der Waals surface area contributed by atoms with Gasteiger partial charge in [-0.05, 0) is 43.5 Å². The number of ether oxygens (including phenoxy) is 1. The van der Waals surface area contributed by atoms with Crippen molar-refractivity contribution in [3.63, 3.8) is 0 Å². The van der Waals surface area contributed by atoms with Crippen LogP contribution in [-0.2, 0) is 4.79 Å². The summed E-state index contributed by atoms with van der Waals surface area (Å²) in [5, 5.41) is 7.28. The van der Waals surface area contributed by atoms with Gasteiger partial charge in [-0.15, -0.1) is 5.10 Å². The minimum atomic E-state index is -0.685. The second-order valence-electron chi connectivity index (χ2n) is 7.11. The van der Waals surface area contributed by atoms with E-state index in [9.17, 15) is 14.0 Å². The Bertz CT molecular complexity index is 843. The van der Waals surface area contributed by atoms with E-state index in [2.05, 4.69) is 10.4 Å². The van der Waals surface area contributed by atoms with Crippen molar-refractivity contribution in [3.05, 3.63) is 52.6 Å². The molecule has 2 aromatic rings. The normalized spacial score (nSPS) is 16.2. The van der Waals surface area contributed by atoms with Crippen molar-refractivity contribution in [2.45, 2.75) is 64.0 Å². The number of hydrogen-bond donors (Lipinski definition) is 1. The van der Waals surface area contributed by atoms with Gasteiger partial charge in [0.15, 0.2) is 6.10 Å². The first-order valence-electron chi connectivity index (χ1n) is 9.90. The summed E-state index contributed by atoms with van der Waals surface area (Å²) >= 11 is 0. The van der Waals surface area contributed by atoms with Crippen molar-refractivity contribution < 1.29 is 13.9 Å². The predicted molar refractivity (Wildman–Crippen MR) is 104 cm³/mol. The second-order valence-corrected chi connectivity index (χ2v) is 7.11. The number of carbonyl (C=O) groups excluding carboxylic acids is 1. The molecule has 1 aromatic carbocycles. The number of amides is 1. The zero-order valence-electron chi connectivity index (χ0n) is 16.1. The van der Waals surface area contributed by atoms with Crippen LogP contribution in [0.5, 0.6) is 5.88 Å². The van der Waals surface area contributed by atoms with Crippen LogP contribution in [0.3, 0.4) is 0 Å². The van der Waals surface area contributed by atoms with Crippen molar-refractivity contribution in [3.8, 4) is 11.6 Å². The molecule has 0 unspecified atom stereocenters. The van der Waals surface area contributed by atoms with Crippen molar-refractivity contribution in [1.82, 2.24) is 15.1 Å². The standard InChI is InChI=1S/C21H26FN3O3/c1-2-18(21(27)23-16-7-5-3-4-6-8-16)28-19-13-14-20(26)25(24-19)17-11-9-15(22)10-12-17/h9-14,16,18H,2-8H2,1H3,(H,23,27)/t18-/m1/s1. The van der Waals surface area contributed by atoms with E-state index in [0.29, 0.717) is 12.1 Å². The van der Waals surface area contributed by atoms with Crippen LogP contribution in [0.1, 0.15) is 51.9 Å². The summed E-state index contributed by atoms with van der Waals surface area (Å²) in [5.41, 5.74) is 0.0581. The first-order chi connectivity index (χ1) is 13.6. The van der Waals surface area contributed by atoms with Gasteiger partial charge in [-0.3, -0.25) is 9.59 Å². The molecule has 1 saturated carbocycles. The third-order valence-corrected chi connectivity index (χ3v) is 4.97. The molecule has 28 heavy (non-hydrogen) atoms. The summed E-state index contributed by atoms with van der Waals surface area (Å²) in [7, 11) is 0. The van der Waals surface area contributed by atoms with Crippen LogP contribution < -0.4 is 15.6 Å². The van der Waals surface area contributed by atoms with Gasteiger partial charge in [-0.25, -0.2) is 4.39 Å². The monoisotopic (exact) mass is 387 g/mol. The van der Waals surface area contributed by atoms with Gasteiger partial charge in [0.25, 0.3) is 11.5 Å². The molecule has 6 nitrogen and oxygen atoms in total. The maximum atomic E-state index is 13.1. The Hall–Kier alpha value is -2.70. The lowest BCUT2D eigenvalue weighted by atomic mass is 10.1. The van der Waals surface area contributed by atoms with E-state index in [1.54, 1.807) is 0 Å². The van der Waals surface area contributed by atoms with Gasteiger partial charge < -0.3 is 10.1 Å². The molecule has 1 heterocycles. The molecule has 3 rings (SSSR count). The number of benzene rings is 1. The average Bonchev–Trinajstić information content (AvgIpc) is 2.96. The summed E-state index contributed by atoms with van der Waals surface area (Å²) in [4.78, 5) is 24.8. The van der Waals surface area contributed by atoms with Crippen LogP contribution in [0.4, 0.5) is 4.39 Å². The lowest BCUT2D eigenvalue weighted by molar-refractivity contribution is -0.129. The molecule has 0 spiro atoms. The maximum absolute atomic E-state index is 13.1. The zero-order chi connectivity index (χ0) is 19.9. The Morgan fingerprint density at radius 1 is 1.18 bits per heavy atom. The number of carbonyl (C=O) groups is 1. The number of nitrogens with zero attached hydrogens (tertiary/aromatic N) is 2.